The van der Waals surface area contributed by atoms with Crippen LogP contribution in [0.15, 0.2) is 78.6 Å². The molecule has 0 spiro atoms. The van der Waals surface area contributed by atoms with Gasteiger partial charge in [0.15, 0.2) is 0 Å². The molecule has 1 aliphatic heterocycles. The van der Waals surface area contributed by atoms with Gasteiger partial charge >= 0.3 is 12.4 Å². The summed E-state index contributed by atoms with van der Waals surface area (Å²) in [5, 5.41) is 8.75. The Balaban J connectivity index is 0.000000241. The van der Waals surface area contributed by atoms with Crippen LogP contribution in [0.3, 0.4) is 0 Å². The molecule has 15 nitrogen and oxygen atoms in total. The van der Waals surface area contributed by atoms with Crippen molar-refractivity contribution in [2.75, 3.05) is 7.11 Å². The monoisotopic (exact) mass is 813 g/mol. The van der Waals surface area contributed by atoms with E-state index in [4.69, 9.17) is 15.7 Å². The van der Waals surface area contributed by atoms with Crippen LogP contribution in [0.4, 0.5) is 26.3 Å². The predicted octanol–water partition coefficient (Wildman–Crippen LogP) is 6.52. The third kappa shape index (κ3) is 10.7. The number of fused-ring (bicyclic) bond motifs is 1. The summed E-state index contributed by atoms with van der Waals surface area (Å²) in [5.74, 6) is 1.50. The van der Waals surface area contributed by atoms with Crippen molar-refractivity contribution in [1.82, 2.24) is 41.0 Å². The highest BCUT2D eigenvalue weighted by molar-refractivity contribution is 6.21. The first-order valence-corrected chi connectivity index (χ1v) is 17.1. The first-order valence-electron chi connectivity index (χ1n) is 17.1. The van der Waals surface area contributed by atoms with Gasteiger partial charge in [0.05, 0.1) is 29.1 Å². The van der Waals surface area contributed by atoms with E-state index in [1.807, 2.05) is 12.1 Å². The van der Waals surface area contributed by atoms with Gasteiger partial charge in [0.1, 0.15) is 0 Å². The van der Waals surface area contributed by atoms with Gasteiger partial charge in [-0.2, -0.15) is 26.3 Å². The Morgan fingerprint density at radius 2 is 1.07 bits per heavy atom. The van der Waals surface area contributed by atoms with E-state index in [1.54, 1.807) is 41.7 Å². The van der Waals surface area contributed by atoms with E-state index in [2.05, 4.69) is 35.7 Å². The standard InChI is InChI=1S/C22H15F3N4O2.C14H13F3N4.CH4O.H2N2O.H3N/c23-22(24,25)21-26-9-14(10-27-21)18-8-12(7-17(28-18)13-5-6-13)11-29-19(30)15-3-1-2-4-16(15)20(29)31;15-14(16,17)13-19-6-10(7-20-13)12-4-8(5-18)3-11(21-12)9-1-2-9;1-2;1-2-3;/h1-4,7-10,13H,5-6,11H2;3-4,6-7,9H,1-2,5,18H2;2H,1H3;(H2,1,3);1H3. The quantitative estimate of drug-likeness (QED) is 0.0449. The number of nitrogens with zero attached hydrogens (tertiary/aromatic N) is 8. The van der Waals surface area contributed by atoms with Crippen molar-refractivity contribution in [3.8, 4) is 22.5 Å². The SMILES string of the molecule is CO.N.NCc1cc(-c2cnc(C(F)(F)F)nc2)nc(C2CC2)c1.NN=O.O=C1c2ccccc2C(=O)N1Cc1cc(-c2cnc(C(F)(F)F)nc2)nc(C2CC2)c1. The van der Waals surface area contributed by atoms with Gasteiger partial charge < -0.3 is 17.0 Å². The van der Waals surface area contributed by atoms with Crippen LogP contribution in [0.25, 0.3) is 22.5 Å². The number of hydrogen-bond donors (Lipinski definition) is 4. The highest BCUT2D eigenvalue weighted by Crippen LogP contribution is 2.41. The highest BCUT2D eigenvalue weighted by Gasteiger charge is 2.37. The Morgan fingerprint density at radius 3 is 1.41 bits per heavy atom. The van der Waals surface area contributed by atoms with Gasteiger partial charge in [0, 0.05) is 78.1 Å². The number of carbonyl (C=O) groups is 2. The number of imide groups is 1. The number of halogens is 6. The predicted molar refractivity (Wildman–Crippen MR) is 196 cm³/mol. The summed E-state index contributed by atoms with van der Waals surface area (Å²) in [5.41, 5.74) is 11.4. The molecule has 8 N–H and O–H groups in total. The first-order chi connectivity index (χ1) is 27.2. The van der Waals surface area contributed by atoms with Crippen LogP contribution in [-0.2, 0) is 25.4 Å². The molecule has 0 atom stereocenters. The zero-order chi connectivity index (χ0) is 41.5. The number of aromatic nitrogens is 6. The zero-order valence-corrected chi connectivity index (χ0v) is 30.7. The van der Waals surface area contributed by atoms with E-state index in [1.165, 1.54) is 4.90 Å². The number of rotatable bonds is 7. The number of nitrogens with two attached hydrogens (primary N) is 2. The number of pyridine rings is 2. The van der Waals surface area contributed by atoms with E-state index >= 15 is 0 Å². The normalized spacial score (nSPS) is 14.4. The molecule has 1 aromatic carbocycles. The van der Waals surface area contributed by atoms with Crippen LogP contribution in [0.5, 0.6) is 0 Å². The smallest absolute Gasteiger partial charge is 0.400 e. The molecule has 5 aromatic rings. The molecule has 2 fully saturated rings. The number of hydrogen-bond acceptors (Lipinski definition) is 13. The molecule has 2 saturated carbocycles. The fraction of sp³-hybridized carbons (Fsp3) is 0.297. The van der Waals surface area contributed by atoms with Gasteiger partial charge in [-0.15, -0.1) is 4.91 Å². The lowest BCUT2D eigenvalue weighted by molar-refractivity contribution is -0.145. The van der Waals surface area contributed by atoms with Crippen molar-refractivity contribution in [3.63, 3.8) is 0 Å². The number of benzene rings is 1. The number of aliphatic hydroxyl groups excluding tert-OH is 1. The van der Waals surface area contributed by atoms with E-state index in [0.717, 1.165) is 74.5 Å². The molecule has 0 bridgehead atoms. The molecule has 3 aliphatic rings. The molecule has 2 aliphatic carbocycles. The summed E-state index contributed by atoms with van der Waals surface area (Å²) in [6.07, 6.45) is -0.596. The third-order valence-corrected chi connectivity index (χ3v) is 8.66. The molecule has 0 unspecified atom stereocenters. The number of amides is 2. The number of carbonyl (C=O) groups excluding carboxylic acids is 2. The second kappa shape index (κ2) is 18.7. The summed E-state index contributed by atoms with van der Waals surface area (Å²) in [7, 11) is 1.00. The summed E-state index contributed by atoms with van der Waals surface area (Å²) in [6.45, 7) is 0.403. The molecule has 0 saturated heterocycles. The molecule has 2 amide bonds. The van der Waals surface area contributed by atoms with Gasteiger partial charge in [0.2, 0.25) is 11.6 Å². The summed E-state index contributed by atoms with van der Waals surface area (Å²) in [4.78, 5) is 57.5. The van der Waals surface area contributed by atoms with Gasteiger partial charge in [0.25, 0.3) is 11.8 Å². The lowest BCUT2D eigenvalue weighted by atomic mass is 10.1. The van der Waals surface area contributed by atoms with E-state index in [-0.39, 0.29) is 30.4 Å². The van der Waals surface area contributed by atoms with Crippen molar-refractivity contribution in [2.24, 2.45) is 16.9 Å². The fourth-order valence-electron chi connectivity index (χ4n) is 5.68. The van der Waals surface area contributed by atoms with Crippen LogP contribution in [0.1, 0.15) is 92.4 Å². The minimum absolute atomic E-state index is 0. The maximum Gasteiger partial charge on any atom is 0.451 e. The molecule has 0 radical (unpaired) electrons. The molecule has 58 heavy (non-hydrogen) atoms. The zero-order valence-electron chi connectivity index (χ0n) is 30.7. The average Bonchev–Trinajstić information content (AvgIpc) is 4.15. The summed E-state index contributed by atoms with van der Waals surface area (Å²) in [6, 6.07) is 13.8. The molecule has 4 aromatic heterocycles. The van der Waals surface area contributed by atoms with Crippen LogP contribution < -0.4 is 17.7 Å². The maximum atomic E-state index is 12.8. The van der Waals surface area contributed by atoms with Crippen molar-refractivity contribution >= 4 is 11.8 Å². The minimum Gasteiger partial charge on any atom is -0.400 e. The molecule has 8 rings (SSSR count). The number of alkyl halides is 6. The highest BCUT2D eigenvalue weighted by atomic mass is 19.4. The van der Waals surface area contributed by atoms with E-state index in [0.29, 0.717) is 51.7 Å². The van der Waals surface area contributed by atoms with Crippen LogP contribution in [0.2, 0.25) is 0 Å². The Morgan fingerprint density at radius 1 is 0.707 bits per heavy atom. The van der Waals surface area contributed by atoms with Crippen molar-refractivity contribution in [2.45, 2.75) is 63.0 Å². The Kier molecular flexibility index (Phi) is 14.4. The van der Waals surface area contributed by atoms with Gasteiger partial charge in [-0.05, 0) is 73.2 Å². The van der Waals surface area contributed by atoms with E-state index in [9.17, 15) is 35.9 Å². The van der Waals surface area contributed by atoms with Crippen molar-refractivity contribution in [3.05, 3.63) is 124 Å². The maximum absolute atomic E-state index is 12.8. The molecule has 5 heterocycles. The molecular weight excluding hydrogens is 776 g/mol. The van der Waals surface area contributed by atoms with Crippen LogP contribution in [0, 0.1) is 4.91 Å². The van der Waals surface area contributed by atoms with Gasteiger partial charge in [-0.25, -0.2) is 19.9 Å². The van der Waals surface area contributed by atoms with Crippen molar-refractivity contribution < 1.29 is 41.0 Å². The van der Waals surface area contributed by atoms with Crippen molar-refractivity contribution in [1.29, 1.82) is 0 Å². The first kappa shape index (κ1) is 44.4. The third-order valence-electron chi connectivity index (χ3n) is 8.66. The number of nitroso groups, excluding NO2 is 1. The largest absolute Gasteiger partial charge is 0.451 e. The Hall–Kier alpha value is -6.32. The topological polar surface area (TPSA) is 251 Å². The lowest BCUT2D eigenvalue weighted by Gasteiger charge is -2.16. The fourth-order valence-corrected chi connectivity index (χ4v) is 5.68. The average molecular weight is 814 g/mol. The summed E-state index contributed by atoms with van der Waals surface area (Å²) < 4.78 is 75.7. The van der Waals surface area contributed by atoms with Gasteiger partial charge in [-0.3, -0.25) is 30.3 Å². The molecule has 21 heteroatoms. The van der Waals surface area contributed by atoms with Crippen LogP contribution >= 0.6 is 0 Å². The Labute approximate surface area is 326 Å². The summed E-state index contributed by atoms with van der Waals surface area (Å²) >= 11 is 0. The molecule has 306 valence electrons. The second-order valence-corrected chi connectivity index (χ2v) is 12.8. The van der Waals surface area contributed by atoms with Gasteiger partial charge in [-0.1, -0.05) is 12.1 Å². The Bertz CT molecular complexity index is 2180. The second-order valence-electron chi connectivity index (χ2n) is 12.8. The van der Waals surface area contributed by atoms with E-state index < -0.39 is 24.0 Å². The lowest BCUT2D eigenvalue weighted by Crippen LogP contribution is -2.29. The minimum atomic E-state index is -4.63. The van der Waals surface area contributed by atoms with Crippen LogP contribution in [-0.4, -0.2) is 58.8 Å². The molecular formula is C37H37F6N11O4. The number of aliphatic hydroxyl groups is 1.